The number of rotatable bonds is 1. The summed E-state index contributed by atoms with van der Waals surface area (Å²) in [6.45, 7) is 4.33. The maximum absolute atomic E-state index is 12.0. The highest BCUT2D eigenvalue weighted by Crippen LogP contribution is 2.35. The van der Waals surface area contributed by atoms with Crippen molar-refractivity contribution >= 4 is 28.4 Å². The molecule has 5 heteroatoms. The van der Waals surface area contributed by atoms with E-state index >= 15 is 0 Å². The average Bonchev–Trinajstić information content (AvgIpc) is 2.69. The molecular weight excluding hydrogens is 250 g/mol. The summed E-state index contributed by atoms with van der Waals surface area (Å²) in [6.07, 6.45) is 3.16. The number of halogens is 1. The lowest BCUT2D eigenvalue weighted by atomic mass is 9.93. The van der Waals surface area contributed by atoms with E-state index in [1.54, 1.807) is 6.20 Å². The van der Waals surface area contributed by atoms with Crippen molar-refractivity contribution in [3.63, 3.8) is 0 Å². The predicted octanol–water partition coefficient (Wildman–Crippen LogP) is 3.26. The summed E-state index contributed by atoms with van der Waals surface area (Å²) in [5.41, 5.74) is 1.52. The van der Waals surface area contributed by atoms with E-state index in [1.165, 1.54) is 0 Å². The zero-order chi connectivity index (χ0) is 12.9. The van der Waals surface area contributed by atoms with Crippen LogP contribution in [0.2, 0.25) is 5.28 Å². The summed E-state index contributed by atoms with van der Waals surface area (Å²) in [5.74, 6) is 0.641. The van der Waals surface area contributed by atoms with E-state index in [4.69, 9.17) is 11.6 Å². The SMILES string of the molecule is CC(C)[C@H]1CCC(=O)c2cc3cnc(Cl)nc3n21. The Morgan fingerprint density at radius 1 is 1.50 bits per heavy atom. The van der Waals surface area contributed by atoms with E-state index in [2.05, 4.69) is 23.8 Å². The molecule has 0 saturated carbocycles. The Bertz CT molecular complexity index is 632. The Morgan fingerprint density at radius 3 is 3.00 bits per heavy atom. The fourth-order valence-electron chi connectivity index (χ4n) is 2.71. The van der Waals surface area contributed by atoms with Gasteiger partial charge in [0.2, 0.25) is 5.28 Å². The van der Waals surface area contributed by atoms with E-state index < -0.39 is 0 Å². The van der Waals surface area contributed by atoms with Gasteiger partial charge in [-0.1, -0.05) is 13.8 Å². The largest absolute Gasteiger partial charge is 0.319 e. The molecule has 0 aromatic carbocycles. The molecule has 1 atom stereocenters. The highest BCUT2D eigenvalue weighted by Gasteiger charge is 2.29. The van der Waals surface area contributed by atoms with Gasteiger partial charge in [-0.25, -0.2) is 4.98 Å². The number of fused-ring (bicyclic) bond motifs is 3. The Labute approximate surface area is 110 Å². The van der Waals surface area contributed by atoms with E-state index in [0.29, 0.717) is 18.4 Å². The highest BCUT2D eigenvalue weighted by atomic mass is 35.5. The molecule has 1 aliphatic heterocycles. The first-order valence-electron chi connectivity index (χ1n) is 6.14. The third-order valence-electron chi connectivity index (χ3n) is 3.60. The van der Waals surface area contributed by atoms with Crippen molar-refractivity contribution < 1.29 is 4.79 Å². The summed E-state index contributed by atoms with van der Waals surface area (Å²) in [4.78, 5) is 20.3. The molecule has 3 heterocycles. The van der Waals surface area contributed by atoms with Gasteiger partial charge in [0.1, 0.15) is 5.65 Å². The second kappa shape index (κ2) is 4.05. The molecule has 0 unspecified atom stereocenters. The van der Waals surface area contributed by atoms with Crippen LogP contribution in [0, 0.1) is 5.92 Å². The molecule has 0 fully saturated rings. The van der Waals surface area contributed by atoms with Gasteiger partial charge in [0.05, 0.1) is 5.69 Å². The number of carbonyl (C=O) groups excluding carboxylic acids is 1. The fourth-order valence-corrected chi connectivity index (χ4v) is 2.83. The van der Waals surface area contributed by atoms with Gasteiger partial charge in [-0.05, 0) is 30.0 Å². The van der Waals surface area contributed by atoms with Crippen LogP contribution in [0.25, 0.3) is 11.0 Å². The first-order chi connectivity index (χ1) is 8.58. The molecule has 0 radical (unpaired) electrons. The minimum absolute atomic E-state index is 0.182. The molecular formula is C13H14ClN3O. The minimum atomic E-state index is 0.182. The Balaban J connectivity index is 2.31. The summed E-state index contributed by atoms with van der Waals surface area (Å²) in [7, 11) is 0. The van der Waals surface area contributed by atoms with Crippen molar-refractivity contribution in [3.8, 4) is 0 Å². The number of ketones is 1. The van der Waals surface area contributed by atoms with E-state index in [0.717, 1.165) is 23.1 Å². The maximum atomic E-state index is 12.0. The molecule has 0 aliphatic carbocycles. The van der Waals surface area contributed by atoms with Crippen molar-refractivity contribution in [2.45, 2.75) is 32.7 Å². The van der Waals surface area contributed by atoms with Crippen LogP contribution >= 0.6 is 11.6 Å². The minimum Gasteiger partial charge on any atom is -0.319 e. The van der Waals surface area contributed by atoms with Gasteiger partial charge in [-0.2, -0.15) is 4.98 Å². The van der Waals surface area contributed by atoms with Crippen molar-refractivity contribution in [1.82, 2.24) is 14.5 Å². The molecule has 0 spiro atoms. The van der Waals surface area contributed by atoms with Crippen LogP contribution in [-0.4, -0.2) is 20.3 Å². The van der Waals surface area contributed by atoms with Crippen molar-refractivity contribution in [1.29, 1.82) is 0 Å². The lowest BCUT2D eigenvalue weighted by Gasteiger charge is -2.28. The quantitative estimate of drug-likeness (QED) is 0.742. The molecule has 2 aromatic rings. The van der Waals surface area contributed by atoms with Gasteiger partial charge in [-0.3, -0.25) is 4.79 Å². The van der Waals surface area contributed by atoms with Gasteiger partial charge in [0, 0.05) is 24.0 Å². The van der Waals surface area contributed by atoms with E-state index in [9.17, 15) is 4.79 Å². The lowest BCUT2D eigenvalue weighted by molar-refractivity contribution is 0.0934. The molecule has 1 aliphatic rings. The van der Waals surface area contributed by atoms with Crippen LogP contribution in [0.15, 0.2) is 12.3 Å². The zero-order valence-corrected chi connectivity index (χ0v) is 11.1. The topological polar surface area (TPSA) is 47.8 Å². The van der Waals surface area contributed by atoms with Crippen LogP contribution in [0.4, 0.5) is 0 Å². The van der Waals surface area contributed by atoms with Crippen LogP contribution in [-0.2, 0) is 0 Å². The second-order valence-electron chi connectivity index (χ2n) is 5.09. The van der Waals surface area contributed by atoms with Crippen molar-refractivity contribution in [2.75, 3.05) is 0 Å². The second-order valence-corrected chi connectivity index (χ2v) is 5.43. The Kier molecular flexibility index (Phi) is 2.63. The molecule has 0 N–H and O–H groups in total. The third kappa shape index (κ3) is 1.63. The summed E-state index contributed by atoms with van der Waals surface area (Å²) < 4.78 is 2.04. The van der Waals surface area contributed by atoms with E-state index in [1.807, 2.05) is 10.6 Å². The first-order valence-corrected chi connectivity index (χ1v) is 6.52. The molecule has 0 bridgehead atoms. The monoisotopic (exact) mass is 263 g/mol. The number of hydrogen-bond donors (Lipinski definition) is 0. The molecule has 0 saturated heterocycles. The predicted molar refractivity (Wildman–Crippen MR) is 70.0 cm³/mol. The highest BCUT2D eigenvalue weighted by molar-refractivity contribution is 6.28. The standard InChI is InChI=1S/C13H14ClN3O/c1-7(2)9-3-4-11(18)10-5-8-6-15-13(14)16-12(8)17(9)10/h5-7,9H,3-4H2,1-2H3/t9-/m1/s1. The molecule has 18 heavy (non-hydrogen) atoms. The molecule has 94 valence electrons. The first kappa shape index (κ1) is 11.7. The van der Waals surface area contributed by atoms with Crippen molar-refractivity contribution in [2.24, 2.45) is 5.92 Å². The van der Waals surface area contributed by atoms with Crippen LogP contribution in [0.3, 0.4) is 0 Å². The number of aromatic nitrogens is 3. The van der Waals surface area contributed by atoms with Gasteiger partial charge >= 0.3 is 0 Å². The zero-order valence-electron chi connectivity index (χ0n) is 10.4. The van der Waals surface area contributed by atoms with E-state index in [-0.39, 0.29) is 11.1 Å². The summed E-state index contributed by atoms with van der Waals surface area (Å²) in [6, 6.07) is 2.18. The molecule has 0 amide bonds. The van der Waals surface area contributed by atoms with Crippen LogP contribution < -0.4 is 0 Å². The summed E-state index contributed by atoms with van der Waals surface area (Å²) in [5, 5.41) is 1.11. The van der Waals surface area contributed by atoms with Crippen molar-refractivity contribution in [3.05, 3.63) is 23.2 Å². The fraction of sp³-hybridized carbons (Fsp3) is 0.462. The van der Waals surface area contributed by atoms with Gasteiger partial charge in [0.25, 0.3) is 0 Å². The normalized spacial score (nSPS) is 19.6. The van der Waals surface area contributed by atoms with Crippen LogP contribution in [0.1, 0.15) is 43.2 Å². The van der Waals surface area contributed by atoms with Gasteiger partial charge in [0.15, 0.2) is 5.78 Å². The summed E-state index contributed by atoms with van der Waals surface area (Å²) >= 11 is 5.86. The number of carbonyl (C=O) groups is 1. The van der Waals surface area contributed by atoms with Gasteiger partial charge < -0.3 is 4.57 Å². The van der Waals surface area contributed by atoms with Gasteiger partial charge in [-0.15, -0.1) is 0 Å². The molecule has 4 nitrogen and oxygen atoms in total. The molecule has 3 rings (SSSR count). The lowest BCUT2D eigenvalue weighted by Crippen LogP contribution is -2.25. The average molecular weight is 264 g/mol. The number of Topliss-reactive ketones (excluding diaryl/α,β-unsaturated/α-hetero) is 1. The van der Waals surface area contributed by atoms with Crippen LogP contribution in [0.5, 0.6) is 0 Å². The number of hydrogen-bond acceptors (Lipinski definition) is 3. The molecule has 2 aromatic heterocycles. The Hall–Kier alpha value is -1.42. The third-order valence-corrected chi connectivity index (χ3v) is 3.78. The Morgan fingerprint density at radius 2 is 2.28 bits per heavy atom. The maximum Gasteiger partial charge on any atom is 0.224 e. The smallest absolute Gasteiger partial charge is 0.224 e. The number of nitrogens with zero attached hydrogens (tertiary/aromatic N) is 3.